The molecule has 0 aromatic carbocycles. The highest BCUT2D eigenvalue weighted by molar-refractivity contribution is 6.18. The molecule has 0 bridgehead atoms. The van der Waals surface area contributed by atoms with Gasteiger partial charge >= 0.3 is 0 Å². The van der Waals surface area contributed by atoms with Gasteiger partial charge in [-0.25, -0.2) is 0 Å². The van der Waals surface area contributed by atoms with Crippen molar-refractivity contribution in [1.29, 1.82) is 0 Å². The average Bonchev–Trinajstić information content (AvgIpc) is 3.05. The average molecular weight is 436 g/mol. The van der Waals surface area contributed by atoms with Crippen molar-refractivity contribution >= 4 is 17.5 Å². The van der Waals surface area contributed by atoms with Crippen molar-refractivity contribution in [3.63, 3.8) is 0 Å². The number of rotatable bonds is 6. The van der Waals surface area contributed by atoms with Gasteiger partial charge in [0, 0.05) is 18.3 Å². The molecule has 1 aliphatic heterocycles. The third-order valence-corrected chi connectivity index (χ3v) is 11.1. The highest BCUT2D eigenvalue weighted by Crippen LogP contribution is 2.67. The van der Waals surface area contributed by atoms with Gasteiger partial charge in [0.25, 0.3) is 0 Å². The minimum absolute atomic E-state index is 0.265. The fourth-order valence-electron chi connectivity index (χ4n) is 9.03. The number of piperidine rings is 1. The third-order valence-electron chi connectivity index (χ3n) is 10.7. The molecule has 1 N–H and O–H groups in total. The molecule has 1 heterocycles. The van der Waals surface area contributed by atoms with Gasteiger partial charge in [-0.2, -0.15) is 0 Å². The van der Waals surface area contributed by atoms with E-state index in [4.69, 9.17) is 11.6 Å². The minimum Gasteiger partial charge on any atom is -0.353 e. The monoisotopic (exact) mass is 435 g/mol. The molecule has 4 aliphatic rings. The highest BCUT2D eigenvalue weighted by Gasteiger charge is 2.62. The molecule has 3 aliphatic carbocycles. The van der Waals surface area contributed by atoms with E-state index in [0.717, 1.165) is 60.6 Å². The van der Waals surface area contributed by atoms with Gasteiger partial charge in [-0.05, 0) is 90.8 Å². The van der Waals surface area contributed by atoms with Crippen LogP contribution in [-0.4, -0.2) is 17.8 Å². The molecular weight excluding hydrogens is 390 g/mol. The lowest BCUT2D eigenvalue weighted by atomic mass is 9.44. The molecule has 0 radical (unpaired) electrons. The molecular formula is C27H46ClNO. The van der Waals surface area contributed by atoms with Crippen LogP contribution >= 0.6 is 11.6 Å². The molecule has 1 saturated heterocycles. The Bertz CT molecular complexity index is 634. The van der Waals surface area contributed by atoms with Crippen molar-refractivity contribution in [3.05, 3.63) is 0 Å². The van der Waals surface area contributed by atoms with E-state index in [2.05, 4.69) is 39.9 Å². The summed E-state index contributed by atoms with van der Waals surface area (Å²) in [4.78, 5) is 12.2. The summed E-state index contributed by atoms with van der Waals surface area (Å²) in [6.07, 6.45) is 12.7. The molecule has 0 aromatic heterocycles. The maximum absolute atomic E-state index is 12.2. The van der Waals surface area contributed by atoms with Crippen LogP contribution in [0.5, 0.6) is 0 Å². The summed E-state index contributed by atoms with van der Waals surface area (Å²) in [7, 11) is 0. The number of hydrogen-bond acceptors (Lipinski definition) is 1. The molecule has 3 heteroatoms. The van der Waals surface area contributed by atoms with Crippen LogP contribution < -0.4 is 5.32 Å². The van der Waals surface area contributed by atoms with Gasteiger partial charge < -0.3 is 5.32 Å². The second-order valence-corrected chi connectivity index (χ2v) is 12.9. The topological polar surface area (TPSA) is 29.1 Å². The molecule has 1 amide bonds. The van der Waals surface area contributed by atoms with Crippen LogP contribution in [0.4, 0.5) is 0 Å². The van der Waals surface area contributed by atoms with E-state index in [1.54, 1.807) is 0 Å². The molecule has 9 atom stereocenters. The fourth-order valence-corrected chi connectivity index (χ4v) is 9.36. The molecule has 2 nitrogen and oxygen atoms in total. The van der Waals surface area contributed by atoms with Crippen LogP contribution in [0.15, 0.2) is 0 Å². The first kappa shape index (κ1) is 22.9. The van der Waals surface area contributed by atoms with E-state index in [9.17, 15) is 4.79 Å². The largest absolute Gasteiger partial charge is 0.353 e. The molecule has 7 unspecified atom stereocenters. The van der Waals surface area contributed by atoms with Crippen LogP contribution in [0.3, 0.4) is 0 Å². The Hall–Kier alpha value is -0.240. The van der Waals surface area contributed by atoms with Gasteiger partial charge in [0.1, 0.15) is 0 Å². The van der Waals surface area contributed by atoms with E-state index >= 15 is 0 Å². The van der Waals surface area contributed by atoms with Crippen molar-refractivity contribution in [1.82, 2.24) is 5.32 Å². The Morgan fingerprint density at radius 1 is 1.03 bits per heavy atom. The Morgan fingerprint density at radius 2 is 1.77 bits per heavy atom. The minimum atomic E-state index is 0.265. The first-order chi connectivity index (χ1) is 14.2. The van der Waals surface area contributed by atoms with Crippen LogP contribution in [0.1, 0.15) is 98.8 Å². The summed E-state index contributed by atoms with van der Waals surface area (Å²) in [5.74, 6) is 6.54. The van der Waals surface area contributed by atoms with Crippen LogP contribution in [0.2, 0.25) is 0 Å². The first-order valence-electron chi connectivity index (χ1n) is 13.1. The summed E-state index contributed by atoms with van der Waals surface area (Å²) in [6.45, 7) is 12.4. The number of carbonyl (C=O) groups is 1. The molecule has 0 spiro atoms. The van der Waals surface area contributed by atoms with Crippen molar-refractivity contribution < 1.29 is 4.79 Å². The third kappa shape index (κ3) is 3.75. The maximum atomic E-state index is 12.2. The number of nitrogens with one attached hydrogen (secondary N) is 1. The van der Waals surface area contributed by atoms with Crippen molar-refractivity contribution in [2.75, 3.05) is 5.88 Å². The van der Waals surface area contributed by atoms with Crippen molar-refractivity contribution in [2.24, 2.45) is 52.3 Å². The number of amides is 1. The normalized spacial score (nSPS) is 46.7. The smallest absolute Gasteiger partial charge is 0.220 e. The zero-order valence-electron chi connectivity index (χ0n) is 20.2. The van der Waals surface area contributed by atoms with Gasteiger partial charge in [0.05, 0.1) is 0 Å². The molecule has 30 heavy (non-hydrogen) atoms. The van der Waals surface area contributed by atoms with Crippen LogP contribution in [-0.2, 0) is 4.79 Å². The molecule has 4 fully saturated rings. The predicted molar refractivity (Wildman–Crippen MR) is 126 cm³/mol. The summed E-state index contributed by atoms with van der Waals surface area (Å²) in [5, 5.41) is 3.39. The predicted octanol–water partition coefficient (Wildman–Crippen LogP) is 7.05. The first-order valence-corrected chi connectivity index (χ1v) is 13.6. The zero-order valence-corrected chi connectivity index (χ0v) is 20.9. The molecule has 172 valence electrons. The zero-order chi connectivity index (χ0) is 21.7. The molecule has 3 saturated carbocycles. The van der Waals surface area contributed by atoms with Crippen LogP contribution in [0, 0.1) is 52.3 Å². The lowest BCUT2D eigenvalue weighted by Crippen LogP contribution is -2.63. The van der Waals surface area contributed by atoms with E-state index < -0.39 is 0 Å². The van der Waals surface area contributed by atoms with Gasteiger partial charge in [-0.1, -0.05) is 53.9 Å². The molecule has 4 rings (SSSR count). The van der Waals surface area contributed by atoms with Gasteiger partial charge in [-0.15, -0.1) is 11.6 Å². The van der Waals surface area contributed by atoms with E-state index in [1.807, 2.05) is 0 Å². The summed E-state index contributed by atoms with van der Waals surface area (Å²) < 4.78 is 0. The Morgan fingerprint density at radius 3 is 2.47 bits per heavy atom. The van der Waals surface area contributed by atoms with Crippen molar-refractivity contribution in [3.8, 4) is 0 Å². The Balaban J connectivity index is 1.54. The standard InChI is InChI=1S/C27H46ClNO/c1-17(2)7-6-8-18(3)20-9-10-21-25-19(16-28)15-23-27(5,14-12-24(30)29-23)22(25)11-13-26(20,21)4/h17-23,25H,6-16H2,1-5H3,(H,29,30)/t18?,19?,20?,21?,22?,23?,25?,26-,27-/m1/s1. The SMILES string of the molecule is CC(C)CCCC(C)C1CCC2C3C(CCl)CC4NC(=O)CC[C@]4(C)C3CC[C@]12C. The lowest BCUT2D eigenvalue weighted by Gasteiger charge is -2.62. The number of hydrogen-bond donors (Lipinski definition) is 1. The number of carbonyl (C=O) groups excluding carboxylic acids is 1. The Labute approximate surface area is 190 Å². The van der Waals surface area contributed by atoms with Crippen LogP contribution in [0.25, 0.3) is 0 Å². The number of fused-ring (bicyclic) bond motifs is 5. The van der Waals surface area contributed by atoms with Gasteiger partial charge in [-0.3, -0.25) is 4.79 Å². The fraction of sp³-hybridized carbons (Fsp3) is 0.963. The second kappa shape index (κ2) is 8.60. The van der Waals surface area contributed by atoms with E-state index in [0.29, 0.717) is 17.4 Å². The maximum Gasteiger partial charge on any atom is 0.220 e. The lowest BCUT2D eigenvalue weighted by molar-refractivity contribution is -0.144. The summed E-state index contributed by atoms with van der Waals surface area (Å²) in [6, 6.07) is 0.347. The molecule has 0 aromatic rings. The van der Waals surface area contributed by atoms with E-state index in [1.165, 1.54) is 44.9 Å². The number of alkyl halides is 1. The van der Waals surface area contributed by atoms with E-state index in [-0.39, 0.29) is 11.3 Å². The summed E-state index contributed by atoms with van der Waals surface area (Å²) >= 11 is 6.63. The summed E-state index contributed by atoms with van der Waals surface area (Å²) in [5.41, 5.74) is 0.785. The highest BCUT2D eigenvalue weighted by atomic mass is 35.5. The number of halogens is 1. The Kier molecular flexibility index (Phi) is 6.58. The quantitative estimate of drug-likeness (QED) is 0.445. The van der Waals surface area contributed by atoms with Gasteiger partial charge in [0.2, 0.25) is 5.91 Å². The second-order valence-electron chi connectivity index (χ2n) is 12.6. The van der Waals surface area contributed by atoms with Gasteiger partial charge in [0.15, 0.2) is 0 Å². The van der Waals surface area contributed by atoms with Crippen molar-refractivity contribution in [2.45, 2.75) is 105 Å².